The Balaban J connectivity index is 3.30. The highest BCUT2D eigenvalue weighted by Gasteiger charge is 2.13. The number of hydrogen-bond acceptors (Lipinski definition) is 2. The minimum Gasteiger partial charge on any atom is -0.355 e. The van der Waals surface area contributed by atoms with Crippen molar-refractivity contribution in [2.75, 3.05) is 19.6 Å². The number of nitrogens with one attached hydrogen (secondary N) is 2. The van der Waals surface area contributed by atoms with Gasteiger partial charge in [-0.3, -0.25) is 4.79 Å². The molecule has 0 aliphatic rings. The first kappa shape index (κ1) is 12.4. The Morgan fingerprint density at radius 1 is 1.31 bits per heavy atom. The summed E-state index contributed by atoms with van der Waals surface area (Å²) in [5, 5.41) is 6.07. The number of carbonyl (C=O) groups is 1. The molecule has 0 rings (SSSR count). The molecular formula is C10H22N2O. The maximum atomic E-state index is 10.5. The van der Waals surface area contributed by atoms with E-state index in [0.29, 0.717) is 5.41 Å². The second-order valence-electron chi connectivity index (χ2n) is 4.18. The molecule has 0 atom stereocenters. The molecule has 0 heterocycles. The Labute approximate surface area is 81.3 Å². The fraction of sp³-hybridized carbons (Fsp3) is 0.900. The van der Waals surface area contributed by atoms with Gasteiger partial charge in [0, 0.05) is 26.6 Å². The highest BCUT2D eigenvalue weighted by Crippen LogP contribution is 2.17. The highest BCUT2D eigenvalue weighted by atomic mass is 16.1. The molecule has 13 heavy (non-hydrogen) atoms. The molecule has 0 aromatic carbocycles. The van der Waals surface area contributed by atoms with Gasteiger partial charge >= 0.3 is 0 Å². The first-order chi connectivity index (χ1) is 5.98. The van der Waals surface area contributed by atoms with Gasteiger partial charge in [0.05, 0.1) is 0 Å². The van der Waals surface area contributed by atoms with Crippen LogP contribution in [0.2, 0.25) is 0 Å². The van der Waals surface area contributed by atoms with E-state index in [9.17, 15) is 4.79 Å². The predicted molar refractivity (Wildman–Crippen MR) is 55.6 cm³/mol. The van der Waals surface area contributed by atoms with E-state index in [2.05, 4.69) is 31.4 Å². The van der Waals surface area contributed by atoms with Gasteiger partial charge in [0.25, 0.3) is 0 Å². The van der Waals surface area contributed by atoms with Crippen molar-refractivity contribution in [3.63, 3.8) is 0 Å². The van der Waals surface area contributed by atoms with Gasteiger partial charge in [-0.1, -0.05) is 20.8 Å². The average Bonchev–Trinajstić information content (AvgIpc) is 2.03. The summed E-state index contributed by atoms with van der Waals surface area (Å²) in [5.74, 6) is 0.0385. The van der Waals surface area contributed by atoms with Crippen molar-refractivity contribution in [3.8, 4) is 0 Å². The molecule has 0 aliphatic heterocycles. The molecule has 78 valence electrons. The van der Waals surface area contributed by atoms with Crippen LogP contribution in [0.4, 0.5) is 0 Å². The molecule has 0 radical (unpaired) electrons. The summed E-state index contributed by atoms with van der Waals surface area (Å²) in [6.07, 6.45) is 1.17. The molecule has 3 heteroatoms. The molecule has 0 spiro atoms. The van der Waals surface area contributed by atoms with Crippen molar-refractivity contribution in [2.24, 2.45) is 5.41 Å². The van der Waals surface area contributed by atoms with Crippen molar-refractivity contribution in [1.29, 1.82) is 0 Å². The van der Waals surface area contributed by atoms with Crippen LogP contribution in [0.3, 0.4) is 0 Å². The van der Waals surface area contributed by atoms with Crippen LogP contribution in [0.5, 0.6) is 0 Å². The summed E-state index contributed by atoms with van der Waals surface area (Å²) in [7, 11) is 0. The molecule has 0 aliphatic carbocycles. The molecule has 0 bridgehead atoms. The molecule has 0 aromatic rings. The van der Waals surface area contributed by atoms with Crippen molar-refractivity contribution in [1.82, 2.24) is 10.6 Å². The summed E-state index contributed by atoms with van der Waals surface area (Å²) < 4.78 is 0. The van der Waals surface area contributed by atoms with E-state index in [1.54, 1.807) is 0 Å². The zero-order valence-electron chi connectivity index (χ0n) is 9.24. The van der Waals surface area contributed by atoms with E-state index in [0.717, 1.165) is 19.6 Å². The van der Waals surface area contributed by atoms with Gasteiger partial charge in [0.1, 0.15) is 0 Å². The predicted octanol–water partition coefficient (Wildman–Crippen LogP) is 1.15. The second kappa shape index (κ2) is 5.97. The third-order valence-electron chi connectivity index (χ3n) is 2.24. The molecule has 0 fully saturated rings. The quantitative estimate of drug-likeness (QED) is 0.611. The van der Waals surface area contributed by atoms with Gasteiger partial charge < -0.3 is 10.6 Å². The van der Waals surface area contributed by atoms with Crippen LogP contribution in [0.1, 0.15) is 34.1 Å². The molecule has 0 aromatic heterocycles. The lowest BCUT2D eigenvalue weighted by Crippen LogP contribution is -2.35. The maximum Gasteiger partial charge on any atom is 0.216 e. The van der Waals surface area contributed by atoms with Crippen molar-refractivity contribution in [3.05, 3.63) is 0 Å². The monoisotopic (exact) mass is 186 g/mol. The SMILES string of the molecule is CCC(C)(C)CNCCNC(C)=O. The maximum absolute atomic E-state index is 10.5. The lowest BCUT2D eigenvalue weighted by atomic mass is 9.90. The van der Waals surface area contributed by atoms with Crippen LogP contribution in [0.25, 0.3) is 0 Å². The topological polar surface area (TPSA) is 41.1 Å². The van der Waals surface area contributed by atoms with Crippen molar-refractivity contribution in [2.45, 2.75) is 34.1 Å². The second-order valence-corrected chi connectivity index (χ2v) is 4.18. The molecule has 0 saturated heterocycles. The van der Waals surface area contributed by atoms with Gasteiger partial charge in [-0.15, -0.1) is 0 Å². The van der Waals surface area contributed by atoms with Crippen LogP contribution in [-0.2, 0) is 4.79 Å². The molecular weight excluding hydrogens is 164 g/mol. The summed E-state index contributed by atoms with van der Waals surface area (Å²) in [6, 6.07) is 0. The van der Waals surface area contributed by atoms with Crippen LogP contribution in [-0.4, -0.2) is 25.5 Å². The number of hydrogen-bond donors (Lipinski definition) is 2. The van der Waals surface area contributed by atoms with Gasteiger partial charge in [-0.05, 0) is 11.8 Å². The Hall–Kier alpha value is -0.570. The Kier molecular flexibility index (Phi) is 5.71. The van der Waals surface area contributed by atoms with E-state index < -0.39 is 0 Å². The highest BCUT2D eigenvalue weighted by molar-refractivity contribution is 5.72. The zero-order valence-corrected chi connectivity index (χ0v) is 9.24. The third kappa shape index (κ3) is 7.78. The normalized spacial score (nSPS) is 11.4. The van der Waals surface area contributed by atoms with Crippen LogP contribution < -0.4 is 10.6 Å². The van der Waals surface area contributed by atoms with E-state index >= 15 is 0 Å². The fourth-order valence-electron chi connectivity index (χ4n) is 0.879. The Morgan fingerprint density at radius 3 is 2.38 bits per heavy atom. The van der Waals surface area contributed by atoms with E-state index in [1.807, 2.05) is 0 Å². The third-order valence-corrected chi connectivity index (χ3v) is 2.24. The van der Waals surface area contributed by atoms with Gasteiger partial charge in [0.2, 0.25) is 5.91 Å². The summed E-state index contributed by atoms with van der Waals surface area (Å²) in [4.78, 5) is 10.5. The molecule has 0 unspecified atom stereocenters. The largest absolute Gasteiger partial charge is 0.355 e. The standard InChI is InChI=1S/C10H22N2O/c1-5-10(3,4)8-11-6-7-12-9(2)13/h11H,5-8H2,1-4H3,(H,12,13). The van der Waals surface area contributed by atoms with Crippen LogP contribution in [0.15, 0.2) is 0 Å². The molecule has 0 saturated carbocycles. The summed E-state index contributed by atoms with van der Waals surface area (Å²) in [5.41, 5.74) is 0.357. The Bertz CT molecular complexity index is 155. The van der Waals surface area contributed by atoms with Crippen molar-refractivity contribution < 1.29 is 4.79 Å². The fourth-order valence-corrected chi connectivity index (χ4v) is 0.879. The lowest BCUT2D eigenvalue weighted by molar-refractivity contribution is -0.118. The Morgan fingerprint density at radius 2 is 1.92 bits per heavy atom. The van der Waals surface area contributed by atoms with Crippen molar-refractivity contribution >= 4 is 5.91 Å². The average molecular weight is 186 g/mol. The lowest BCUT2D eigenvalue weighted by Gasteiger charge is -2.22. The van der Waals surface area contributed by atoms with Gasteiger partial charge in [0.15, 0.2) is 0 Å². The number of amides is 1. The van der Waals surface area contributed by atoms with Gasteiger partial charge in [-0.25, -0.2) is 0 Å². The number of rotatable bonds is 6. The van der Waals surface area contributed by atoms with Gasteiger partial charge in [-0.2, -0.15) is 0 Å². The van der Waals surface area contributed by atoms with E-state index in [4.69, 9.17) is 0 Å². The molecule has 3 nitrogen and oxygen atoms in total. The minimum absolute atomic E-state index is 0.0385. The smallest absolute Gasteiger partial charge is 0.216 e. The summed E-state index contributed by atoms with van der Waals surface area (Å²) in [6.45, 7) is 10.8. The first-order valence-corrected chi connectivity index (χ1v) is 4.93. The molecule has 1 amide bonds. The first-order valence-electron chi connectivity index (χ1n) is 4.93. The minimum atomic E-state index is 0.0385. The van der Waals surface area contributed by atoms with E-state index in [1.165, 1.54) is 13.3 Å². The number of carbonyl (C=O) groups excluding carboxylic acids is 1. The summed E-state index contributed by atoms with van der Waals surface area (Å²) >= 11 is 0. The van der Waals surface area contributed by atoms with Crippen LogP contribution >= 0.6 is 0 Å². The molecule has 2 N–H and O–H groups in total. The van der Waals surface area contributed by atoms with E-state index in [-0.39, 0.29) is 5.91 Å². The zero-order chi connectivity index (χ0) is 10.3. The van der Waals surface area contributed by atoms with Crippen LogP contribution in [0, 0.1) is 5.41 Å².